The number of methoxy groups -OCH3 is 2. The van der Waals surface area contributed by atoms with Crippen LogP contribution in [0.25, 0.3) is 0 Å². The summed E-state index contributed by atoms with van der Waals surface area (Å²) in [5.74, 6) is -0.656. The molecule has 1 spiro atoms. The van der Waals surface area contributed by atoms with E-state index in [0.717, 1.165) is 25.9 Å². The highest BCUT2D eigenvalue weighted by Gasteiger charge is 2.60. The number of sulfonamides is 1. The number of anilines is 1. The molecule has 240 valence electrons. The molecule has 2 saturated heterocycles. The number of nitrogens with one attached hydrogen (secondary N) is 2. The molecule has 13 nitrogen and oxygen atoms in total. The Labute approximate surface area is 267 Å². The average Bonchev–Trinajstić information content (AvgIpc) is 3.31. The molecular formula is C32H34N6O7S. The van der Waals surface area contributed by atoms with Gasteiger partial charge in [0.1, 0.15) is 16.4 Å². The fourth-order valence-electron chi connectivity index (χ4n) is 6.58. The molecule has 2 aromatic carbocycles. The van der Waals surface area contributed by atoms with Crippen molar-refractivity contribution in [3.63, 3.8) is 0 Å². The normalized spacial score (nSPS) is 20.0. The van der Waals surface area contributed by atoms with Gasteiger partial charge < -0.3 is 29.7 Å². The summed E-state index contributed by atoms with van der Waals surface area (Å²) in [6.45, 7) is 4.63. The molecule has 4 heterocycles. The van der Waals surface area contributed by atoms with E-state index in [9.17, 15) is 18.5 Å². The third kappa shape index (κ3) is 4.87. The number of fused-ring (bicyclic) bond motifs is 1. The zero-order valence-corrected chi connectivity index (χ0v) is 26.5. The lowest BCUT2D eigenvalue weighted by molar-refractivity contribution is -0.121. The Balaban J connectivity index is 1.53. The van der Waals surface area contributed by atoms with Crippen molar-refractivity contribution in [2.24, 2.45) is 5.41 Å². The molecule has 3 aliphatic heterocycles. The van der Waals surface area contributed by atoms with Crippen molar-refractivity contribution in [3.05, 3.63) is 71.4 Å². The number of ether oxygens (including phenoxy) is 3. The second-order valence-corrected chi connectivity index (χ2v) is 13.3. The van der Waals surface area contributed by atoms with E-state index in [4.69, 9.17) is 14.2 Å². The third-order valence-electron chi connectivity index (χ3n) is 8.90. The number of carbonyl (C=O) groups excluding carboxylic acids is 2. The molecule has 0 bridgehead atoms. The average molecular weight is 647 g/mol. The minimum Gasteiger partial charge on any atom is -0.497 e. The number of nitriles is 1. The lowest BCUT2D eigenvalue weighted by Crippen LogP contribution is -2.66. The molecule has 1 aromatic heterocycles. The van der Waals surface area contributed by atoms with Crippen LogP contribution in [0.2, 0.25) is 0 Å². The highest BCUT2D eigenvalue weighted by Crippen LogP contribution is 2.50. The highest BCUT2D eigenvalue weighted by molar-refractivity contribution is 7.93. The molecule has 6 rings (SSSR count). The number of hydrogen-bond donors (Lipinski definition) is 2. The van der Waals surface area contributed by atoms with Crippen molar-refractivity contribution in [2.45, 2.75) is 30.2 Å². The van der Waals surface area contributed by atoms with Crippen LogP contribution in [0.3, 0.4) is 0 Å². The van der Waals surface area contributed by atoms with Crippen molar-refractivity contribution in [3.8, 4) is 23.4 Å². The summed E-state index contributed by atoms with van der Waals surface area (Å²) in [6.07, 6.45) is 3.31. The summed E-state index contributed by atoms with van der Waals surface area (Å²) in [4.78, 5) is 34.8. The van der Waals surface area contributed by atoms with Crippen LogP contribution in [0.5, 0.6) is 17.4 Å². The summed E-state index contributed by atoms with van der Waals surface area (Å²) >= 11 is 0. The van der Waals surface area contributed by atoms with Gasteiger partial charge in [-0.05, 0) is 75.3 Å². The third-order valence-corrected chi connectivity index (χ3v) is 10.6. The summed E-state index contributed by atoms with van der Waals surface area (Å²) in [7, 11) is -1.93. The molecule has 0 radical (unpaired) electrons. The minimum absolute atomic E-state index is 0.00754. The lowest BCUT2D eigenvalue weighted by atomic mass is 9.72. The zero-order valence-electron chi connectivity index (χ0n) is 25.7. The van der Waals surface area contributed by atoms with Crippen LogP contribution < -0.4 is 29.1 Å². The predicted octanol–water partition coefficient (Wildman–Crippen LogP) is 2.74. The second-order valence-electron chi connectivity index (χ2n) is 11.5. The molecule has 46 heavy (non-hydrogen) atoms. The van der Waals surface area contributed by atoms with Gasteiger partial charge in [0, 0.05) is 36.3 Å². The van der Waals surface area contributed by atoms with E-state index in [-0.39, 0.29) is 50.9 Å². The number of rotatable bonds is 8. The van der Waals surface area contributed by atoms with Crippen molar-refractivity contribution in [1.29, 1.82) is 5.26 Å². The Morgan fingerprint density at radius 3 is 2.52 bits per heavy atom. The van der Waals surface area contributed by atoms with E-state index >= 15 is 4.79 Å². The summed E-state index contributed by atoms with van der Waals surface area (Å²) in [5.41, 5.74) is -1.79. The number of amides is 3. The minimum atomic E-state index is -4.68. The Hall–Kier alpha value is -4.87. The molecule has 0 aliphatic carbocycles. The topological polar surface area (TPSA) is 163 Å². The first-order chi connectivity index (χ1) is 22.1. The first-order valence-corrected chi connectivity index (χ1v) is 16.3. The number of hydrogen-bond acceptors (Lipinski definition) is 10. The quantitative estimate of drug-likeness (QED) is 0.372. The van der Waals surface area contributed by atoms with Crippen molar-refractivity contribution in [1.82, 2.24) is 20.5 Å². The van der Waals surface area contributed by atoms with Crippen molar-refractivity contribution < 1.29 is 32.2 Å². The summed E-state index contributed by atoms with van der Waals surface area (Å²) in [5, 5.41) is 16.1. The maximum Gasteiger partial charge on any atom is 0.318 e. The van der Waals surface area contributed by atoms with Crippen LogP contribution >= 0.6 is 0 Å². The van der Waals surface area contributed by atoms with Gasteiger partial charge in [-0.3, -0.25) is 4.79 Å². The monoisotopic (exact) mass is 646 g/mol. The Kier molecular flexibility index (Phi) is 7.99. The van der Waals surface area contributed by atoms with E-state index in [1.807, 2.05) is 0 Å². The highest BCUT2D eigenvalue weighted by atomic mass is 32.2. The molecule has 3 aliphatic rings. The van der Waals surface area contributed by atoms with Gasteiger partial charge in [0.25, 0.3) is 15.9 Å². The standard InChI is InChI=1S/C32H34N6O7S/c1-4-45-28-23(6-5-13-35-28)32(36-30(40)37-19-31(20-37)11-14-34-15-12-31)24-16-21(18-33)7-9-25(24)38(29(32)39)46(41,42)27-10-8-22(43-2)17-26(27)44-3/h5-10,13,16-17,34H,4,11-12,14-15,19-20H2,1-3H3,(H,36,40)/t32-/m0/s1. The summed E-state index contributed by atoms with van der Waals surface area (Å²) < 4.78 is 46.1. The molecule has 1 atom stereocenters. The molecule has 2 fully saturated rings. The zero-order chi connectivity index (χ0) is 32.7. The molecular weight excluding hydrogens is 612 g/mol. The molecule has 0 saturated carbocycles. The molecule has 14 heteroatoms. The number of benzene rings is 2. The van der Waals surface area contributed by atoms with Crippen molar-refractivity contribution >= 4 is 27.6 Å². The predicted molar refractivity (Wildman–Crippen MR) is 166 cm³/mol. The van der Waals surface area contributed by atoms with Crippen LogP contribution in [-0.4, -0.2) is 77.2 Å². The van der Waals surface area contributed by atoms with Crippen LogP contribution in [-0.2, 0) is 20.4 Å². The van der Waals surface area contributed by atoms with Crippen LogP contribution in [0.1, 0.15) is 36.5 Å². The van der Waals surface area contributed by atoms with E-state index in [0.29, 0.717) is 23.1 Å². The van der Waals surface area contributed by atoms with Gasteiger partial charge in [-0.15, -0.1) is 0 Å². The number of aromatic nitrogens is 1. The van der Waals surface area contributed by atoms with Gasteiger partial charge in [-0.25, -0.2) is 18.2 Å². The first kappa shape index (κ1) is 31.1. The second kappa shape index (κ2) is 11.8. The number of carbonyl (C=O) groups is 2. The number of urea groups is 1. The SMILES string of the molecule is CCOc1ncccc1[C@@]1(NC(=O)N2CC3(CCNCC3)C2)C(=O)N(S(=O)(=O)c2ccc(OC)cc2OC)c2ccc(C#N)cc21. The first-order valence-electron chi connectivity index (χ1n) is 14.9. The van der Waals surface area contributed by atoms with Crippen LogP contribution in [0.4, 0.5) is 10.5 Å². The summed E-state index contributed by atoms with van der Waals surface area (Å²) in [6, 6.07) is 13.0. The van der Waals surface area contributed by atoms with E-state index in [1.165, 1.54) is 56.8 Å². The number of nitrogens with zero attached hydrogens (tertiary/aromatic N) is 4. The maximum absolute atomic E-state index is 15.0. The molecule has 3 aromatic rings. The largest absolute Gasteiger partial charge is 0.497 e. The van der Waals surface area contributed by atoms with Gasteiger partial charge >= 0.3 is 6.03 Å². The van der Waals surface area contributed by atoms with E-state index in [2.05, 4.69) is 21.7 Å². The van der Waals surface area contributed by atoms with Crippen LogP contribution in [0, 0.1) is 16.7 Å². The molecule has 2 N–H and O–H groups in total. The smallest absolute Gasteiger partial charge is 0.318 e. The van der Waals surface area contributed by atoms with Crippen molar-refractivity contribution in [2.75, 3.05) is 51.3 Å². The molecule has 3 amide bonds. The fourth-order valence-corrected chi connectivity index (χ4v) is 8.19. The number of piperidine rings is 1. The Morgan fingerprint density at radius 2 is 1.85 bits per heavy atom. The molecule has 0 unspecified atom stereocenters. The van der Waals surface area contributed by atoms with E-state index in [1.54, 1.807) is 24.0 Å². The maximum atomic E-state index is 15.0. The van der Waals surface area contributed by atoms with Gasteiger partial charge in [-0.2, -0.15) is 9.57 Å². The van der Waals surface area contributed by atoms with Gasteiger partial charge in [0.05, 0.1) is 43.7 Å². The number of likely N-dealkylation sites (tertiary alicyclic amines) is 1. The number of pyridine rings is 1. The Morgan fingerprint density at radius 1 is 1.09 bits per heavy atom. The Bertz CT molecular complexity index is 1850. The van der Waals surface area contributed by atoms with Crippen LogP contribution in [0.15, 0.2) is 59.6 Å². The van der Waals surface area contributed by atoms with Gasteiger partial charge in [0.2, 0.25) is 5.88 Å². The van der Waals surface area contributed by atoms with Gasteiger partial charge in [-0.1, -0.05) is 0 Å². The lowest BCUT2D eigenvalue weighted by Gasteiger charge is -2.52. The fraction of sp³-hybridized carbons (Fsp3) is 0.375. The van der Waals surface area contributed by atoms with E-state index < -0.39 is 27.5 Å². The van der Waals surface area contributed by atoms with Gasteiger partial charge in [0.15, 0.2) is 5.54 Å².